The Morgan fingerprint density at radius 3 is 3.00 bits per heavy atom. The summed E-state index contributed by atoms with van der Waals surface area (Å²) < 4.78 is 0.752. The van der Waals surface area contributed by atoms with Gasteiger partial charge in [0.15, 0.2) is 0 Å². The number of carbonyl (C=O) groups is 1. The smallest absolute Gasteiger partial charge is 0.255 e. The summed E-state index contributed by atoms with van der Waals surface area (Å²) in [5.74, 6) is -0.161. The van der Waals surface area contributed by atoms with Crippen LogP contribution in [0.4, 0.5) is 0 Å². The molecule has 1 saturated heterocycles. The molecule has 2 rings (SSSR count). The second kappa shape index (κ2) is 5.70. The zero-order valence-corrected chi connectivity index (χ0v) is 11.8. The van der Waals surface area contributed by atoms with Crippen LogP contribution in [0.2, 0.25) is 5.02 Å². The van der Waals surface area contributed by atoms with Gasteiger partial charge in [0.1, 0.15) is 6.04 Å². The fourth-order valence-electron chi connectivity index (χ4n) is 1.91. The summed E-state index contributed by atoms with van der Waals surface area (Å²) in [4.78, 5) is 13.9. The van der Waals surface area contributed by atoms with Crippen LogP contribution in [0.5, 0.6) is 0 Å². The van der Waals surface area contributed by atoms with E-state index in [1.54, 1.807) is 23.1 Å². The Labute approximate surface area is 119 Å². The van der Waals surface area contributed by atoms with E-state index in [1.807, 2.05) is 0 Å². The van der Waals surface area contributed by atoms with Crippen LogP contribution in [-0.4, -0.2) is 36.5 Å². The molecule has 1 heterocycles. The Hall–Kier alpha value is -1.09. The molecule has 1 aliphatic heterocycles. The average molecular weight is 329 g/mol. The van der Waals surface area contributed by atoms with E-state index in [-0.39, 0.29) is 5.91 Å². The Morgan fingerprint density at radius 2 is 2.33 bits per heavy atom. The molecule has 1 unspecified atom stereocenters. The number of halogens is 2. The van der Waals surface area contributed by atoms with Gasteiger partial charge in [0.2, 0.25) is 0 Å². The molecule has 18 heavy (non-hydrogen) atoms. The largest absolute Gasteiger partial charge is 0.320 e. The summed E-state index contributed by atoms with van der Waals surface area (Å²) in [6, 6.07) is 6.75. The maximum Gasteiger partial charge on any atom is 0.255 e. The van der Waals surface area contributed by atoms with Crippen LogP contribution in [0, 0.1) is 11.3 Å². The van der Waals surface area contributed by atoms with Crippen LogP contribution in [0.1, 0.15) is 10.4 Å². The van der Waals surface area contributed by atoms with Crippen molar-refractivity contribution < 1.29 is 4.79 Å². The minimum atomic E-state index is -0.427. The lowest BCUT2D eigenvalue weighted by atomic mass is 10.1. The first-order valence-electron chi connectivity index (χ1n) is 5.49. The van der Waals surface area contributed by atoms with E-state index >= 15 is 0 Å². The molecule has 1 N–H and O–H groups in total. The quantitative estimate of drug-likeness (QED) is 0.858. The van der Waals surface area contributed by atoms with Gasteiger partial charge in [0, 0.05) is 34.7 Å². The standard InChI is InChI=1S/C12H11BrClN3O/c13-9-3-8(4-10(14)5-9)12(18)17-2-1-16-7-11(17)6-15/h3-5,11,16H,1-2,7H2. The number of amides is 1. The number of piperazine rings is 1. The second-order valence-corrected chi connectivity index (χ2v) is 5.36. The van der Waals surface area contributed by atoms with Gasteiger partial charge in [-0.15, -0.1) is 0 Å². The molecule has 1 aliphatic rings. The molecule has 1 fully saturated rings. The van der Waals surface area contributed by atoms with Gasteiger partial charge in [-0.05, 0) is 18.2 Å². The van der Waals surface area contributed by atoms with Crippen LogP contribution in [0.25, 0.3) is 0 Å². The number of nitrogens with zero attached hydrogens (tertiary/aromatic N) is 2. The molecular formula is C12H11BrClN3O. The second-order valence-electron chi connectivity index (χ2n) is 4.01. The lowest BCUT2D eigenvalue weighted by molar-refractivity contribution is 0.0687. The molecule has 1 aromatic rings. The zero-order chi connectivity index (χ0) is 13.1. The molecule has 0 saturated carbocycles. The first kappa shape index (κ1) is 13.3. The van der Waals surface area contributed by atoms with Crippen molar-refractivity contribution in [2.24, 2.45) is 0 Å². The third-order valence-electron chi connectivity index (χ3n) is 2.76. The van der Waals surface area contributed by atoms with Gasteiger partial charge >= 0.3 is 0 Å². The number of nitriles is 1. The molecule has 6 heteroatoms. The molecule has 0 radical (unpaired) electrons. The molecular weight excluding hydrogens is 318 g/mol. The van der Waals surface area contributed by atoms with Crippen molar-refractivity contribution in [3.8, 4) is 6.07 Å². The number of nitrogens with one attached hydrogen (secondary N) is 1. The van der Waals surface area contributed by atoms with Crippen molar-refractivity contribution in [1.29, 1.82) is 5.26 Å². The highest BCUT2D eigenvalue weighted by atomic mass is 79.9. The third kappa shape index (κ3) is 2.83. The Morgan fingerprint density at radius 1 is 1.56 bits per heavy atom. The molecule has 0 aliphatic carbocycles. The Kier molecular flexibility index (Phi) is 4.23. The van der Waals surface area contributed by atoms with E-state index < -0.39 is 6.04 Å². The van der Waals surface area contributed by atoms with E-state index in [2.05, 4.69) is 27.3 Å². The zero-order valence-electron chi connectivity index (χ0n) is 9.49. The molecule has 0 bridgehead atoms. The minimum absolute atomic E-state index is 0.161. The minimum Gasteiger partial charge on any atom is -0.320 e. The first-order chi connectivity index (χ1) is 8.61. The van der Waals surface area contributed by atoms with E-state index in [1.165, 1.54) is 0 Å². The van der Waals surface area contributed by atoms with Gasteiger partial charge in [0.25, 0.3) is 5.91 Å². The van der Waals surface area contributed by atoms with Gasteiger partial charge in [-0.1, -0.05) is 27.5 Å². The van der Waals surface area contributed by atoms with E-state index in [0.29, 0.717) is 30.2 Å². The fourth-order valence-corrected chi connectivity index (χ4v) is 2.77. The molecule has 1 aromatic carbocycles. The van der Waals surface area contributed by atoms with Crippen LogP contribution < -0.4 is 5.32 Å². The molecule has 0 aromatic heterocycles. The maximum absolute atomic E-state index is 12.3. The average Bonchev–Trinajstić information content (AvgIpc) is 2.36. The van der Waals surface area contributed by atoms with Crippen LogP contribution >= 0.6 is 27.5 Å². The van der Waals surface area contributed by atoms with Crippen LogP contribution in [-0.2, 0) is 0 Å². The number of benzene rings is 1. The molecule has 1 atom stereocenters. The summed E-state index contributed by atoms with van der Waals surface area (Å²) in [5.41, 5.74) is 0.497. The topological polar surface area (TPSA) is 56.1 Å². The van der Waals surface area contributed by atoms with Crippen LogP contribution in [0.15, 0.2) is 22.7 Å². The number of carbonyl (C=O) groups excluding carboxylic acids is 1. The third-order valence-corrected chi connectivity index (χ3v) is 3.44. The van der Waals surface area contributed by atoms with Gasteiger partial charge in [-0.2, -0.15) is 5.26 Å². The first-order valence-corrected chi connectivity index (χ1v) is 6.66. The number of rotatable bonds is 1. The number of hydrogen-bond donors (Lipinski definition) is 1. The Balaban J connectivity index is 2.27. The van der Waals surface area contributed by atoms with E-state index in [0.717, 1.165) is 4.47 Å². The van der Waals surface area contributed by atoms with Gasteiger partial charge in [-0.3, -0.25) is 4.79 Å². The van der Waals surface area contributed by atoms with Crippen molar-refractivity contribution >= 4 is 33.4 Å². The van der Waals surface area contributed by atoms with Gasteiger partial charge in [0.05, 0.1) is 6.07 Å². The highest BCUT2D eigenvalue weighted by Gasteiger charge is 2.27. The molecule has 94 valence electrons. The highest BCUT2D eigenvalue weighted by Crippen LogP contribution is 2.21. The fraction of sp³-hybridized carbons (Fsp3) is 0.333. The SMILES string of the molecule is N#CC1CNCCN1C(=O)c1cc(Cl)cc(Br)c1. The lowest BCUT2D eigenvalue weighted by Crippen LogP contribution is -2.53. The summed E-state index contributed by atoms with van der Waals surface area (Å²) in [7, 11) is 0. The highest BCUT2D eigenvalue weighted by molar-refractivity contribution is 9.10. The molecule has 4 nitrogen and oxygen atoms in total. The normalized spacial score (nSPS) is 19.4. The van der Waals surface area contributed by atoms with Gasteiger partial charge < -0.3 is 10.2 Å². The molecule has 1 amide bonds. The van der Waals surface area contributed by atoms with Crippen molar-refractivity contribution in [1.82, 2.24) is 10.2 Å². The lowest BCUT2D eigenvalue weighted by Gasteiger charge is -2.32. The van der Waals surface area contributed by atoms with Crippen molar-refractivity contribution in [3.63, 3.8) is 0 Å². The maximum atomic E-state index is 12.3. The summed E-state index contributed by atoms with van der Waals surface area (Å²) in [5, 5.41) is 12.6. The van der Waals surface area contributed by atoms with Crippen molar-refractivity contribution in [2.45, 2.75) is 6.04 Å². The number of hydrogen-bond acceptors (Lipinski definition) is 3. The predicted molar refractivity (Wildman–Crippen MR) is 72.5 cm³/mol. The Bertz CT molecular complexity index is 494. The van der Waals surface area contributed by atoms with Crippen molar-refractivity contribution in [3.05, 3.63) is 33.3 Å². The summed E-state index contributed by atoms with van der Waals surface area (Å²) >= 11 is 9.23. The van der Waals surface area contributed by atoms with Gasteiger partial charge in [-0.25, -0.2) is 0 Å². The van der Waals surface area contributed by atoms with Crippen LogP contribution in [0.3, 0.4) is 0 Å². The monoisotopic (exact) mass is 327 g/mol. The van der Waals surface area contributed by atoms with E-state index in [4.69, 9.17) is 16.9 Å². The molecule has 0 spiro atoms. The predicted octanol–water partition coefficient (Wildman–Crippen LogP) is 2.04. The van der Waals surface area contributed by atoms with E-state index in [9.17, 15) is 4.79 Å². The van der Waals surface area contributed by atoms with Crippen molar-refractivity contribution in [2.75, 3.05) is 19.6 Å². The summed E-state index contributed by atoms with van der Waals surface area (Å²) in [6.07, 6.45) is 0. The summed E-state index contributed by atoms with van der Waals surface area (Å²) in [6.45, 7) is 1.73.